The van der Waals surface area contributed by atoms with E-state index in [2.05, 4.69) is 0 Å². The summed E-state index contributed by atoms with van der Waals surface area (Å²) in [7, 11) is 0. The summed E-state index contributed by atoms with van der Waals surface area (Å²) in [6.07, 6.45) is 1.57. The van der Waals surface area contributed by atoms with E-state index in [0.29, 0.717) is 18.5 Å². The molecule has 2 rings (SSSR count). The number of hydrogen-bond acceptors (Lipinski definition) is 3. The molecule has 2 amide bonds. The molecule has 1 aromatic rings. The van der Waals surface area contributed by atoms with Crippen LogP contribution in [-0.2, 0) is 9.59 Å². The van der Waals surface area contributed by atoms with Crippen molar-refractivity contribution < 1.29 is 14.7 Å². The predicted octanol–water partition coefficient (Wildman–Crippen LogP) is 2.46. The van der Waals surface area contributed by atoms with Crippen molar-refractivity contribution in [3.05, 3.63) is 24.3 Å². The molecule has 96 valence electrons. The van der Waals surface area contributed by atoms with Crippen molar-refractivity contribution in [3.8, 4) is 5.75 Å². The van der Waals surface area contributed by atoms with Gasteiger partial charge in [0.1, 0.15) is 5.75 Å². The molecule has 0 aliphatic carbocycles. The number of phenols is 1. The summed E-state index contributed by atoms with van der Waals surface area (Å²) in [5.74, 6) is -0.281. The quantitative estimate of drug-likeness (QED) is 0.835. The van der Waals surface area contributed by atoms with Crippen molar-refractivity contribution in [2.75, 3.05) is 4.90 Å². The van der Waals surface area contributed by atoms with Crippen molar-refractivity contribution in [1.82, 2.24) is 0 Å². The van der Waals surface area contributed by atoms with Crippen molar-refractivity contribution in [2.45, 2.75) is 33.1 Å². The monoisotopic (exact) mass is 247 g/mol. The number of carbonyl (C=O) groups excluding carboxylic acids is 2. The Kier molecular flexibility index (Phi) is 3.11. The lowest BCUT2D eigenvalue weighted by Crippen LogP contribution is -2.35. The van der Waals surface area contributed by atoms with E-state index >= 15 is 0 Å². The van der Waals surface area contributed by atoms with Gasteiger partial charge in [0, 0.05) is 12.5 Å². The Bertz CT molecular complexity index is 492. The third-order valence-corrected chi connectivity index (χ3v) is 3.84. The summed E-state index contributed by atoms with van der Waals surface area (Å²) < 4.78 is 0. The fourth-order valence-electron chi connectivity index (χ4n) is 2.49. The fourth-order valence-corrected chi connectivity index (χ4v) is 2.49. The zero-order valence-corrected chi connectivity index (χ0v) is 10.6. The number of phenolic OH excluding ortho intramolecular Hbond substituents is 1. The van der Waals surface area contributed by atoms with Crippen LogP contribution >= 0.6 is 0 Å². The molecule has 1 fully saturated rings. The molecule has 0 unspecified atom stereocenters. The van der Waals surface area contributed by atoms with E-state index < -0.39 is 5.41 Å². The standard InChI is InChI=1S/C14H17NO3/c1-3-14(4-2)9-12(17)15(13(14)18)10-6-5-7-11(16)8-10/h5-8,16H,3-4,9H2,1-2H3. The molecular weight excluding hydrogens is 230 g/mol. The first-order valence-electron chi connectivity index (χ1n) is 6.20. The molecule has 1 N–H and O–H groups in total. The van der Waals surface area contributed by atoms with Crippen LogP contribution < -0.4 is 4.90 Å². The summed E-state index contributed by atoms with van der Waals surface area (Å²) in [6, 6.07) is 6.25. The molecule has 0 atom stereocenters. The average Bonchev–Trinajstić information content (AvgIpc) is 2.61. The molecule has 0 saturated carbocycles. The first kappa shape index (κ1) is 12.6. The molecule has 1 aromatic carbocycles. The molecule has 0 aromatic heterocycles. The second-order valence-electron chi connectivity index (χ2n) is 4.72. The van der Waals surface area contributed by atoms with E-state index in [1.165, 1.54) is 17.0 Å². The van der Waals surface area contributed by atoms with Crippen LogP contribution in [0.2, 0.25) is 0 Å². The number of benzene rings is 1. The number of nitrogens with zero attached hydrogens (tertiary/aromatic N) is 1. The van der Waals surface area contributed by atoms with Gasteiger partial charge < -0.3 is 5.11 Å². The Balaban J connectivity index is 2.41. The normalized spacial score (nSPS) is 18.4. The third kappa shape index (κ3) is 1.78. The van der Waals surface area contributed by atoms with Gasteiger partial charge in [-0.3, -0.25) is 9.59 Å². The second-order valence-corrected chi connectivity index (χ2v) is 4.72. The maximum absolute atomic E-state index is 12.4. The van der Waals surface area contributed by atoms with E-state index in [-0.39, 0.29) is 24.0 Å². The molecule has 1 aliphatic heterocycles. The van der Waals surface area contributed by atoms with E-state index in [0.717, 1.165) is 0 Å². The van der Waals surface area contributed by atoms with Crippen LogP contribution in [0.15, 0.2) is 24.3 Å². The molecule has 0 spiro atoms. The summed E-state index contributed by atoms with van der Waals surface area (Å²) in [5.41, 5.74) is -0.114. The summed E-state index contributed by atoms with van der Waals surface area (Å²) in [4.78, 5) is 25.7. The number of rotatable bonds is 3. The molecular formula is C14H17NO3. The fraction of sp³-hybridized carbons (Fsp3) is 0.429. The van der Waals surface area contributed by atoms with Crippen LogP contribution in [-0.4, -0.2) is 16.9 Å². The highest BCUT2D eigenvalue weighted by Gasteiger charge is 2.49. The Morgan fingerprint density at radius 1 is 1.28 bits per heavy atom. The Morgan fingerprint density at radius 3 is 2.44 bits per heavy atom. The molecule has 0 bridgehead atoms. The van der Waals surface area contributed by atoms with Gasteiger partial charge in [-0.15, -0.1) is 0 Å². The number of imide groups is 1. The highest BCUT2D eigenvalue weighted by Crippen LogP contribution is 2.41. The lowest BCUT2D eigenvalue weighted by atomic mass is 9.81. The lowest BCUT2D eigenvalue weighted by molar-refractivity contribution is -0.126. The number of anilines is 1. The largest absolute Gasteiger partial charge is 0.508 e. The predicted molar refractivity (Wildman–Crippen MR) is 68.2 cm³/mol. The second kappa shape index (κ2) is 4.44. The molecule has 0 radical (unpaired) electrons. The van der Waals surface area contributed by atoms with Crippen LogP contribution in [0.1, 0.15) is 33.1 Å². The van der Waals surface area contributed by atoms with E-state index in [1.54, 1.807) is 12.1 Å². The average molecular weight is 247 g/mol. The van der Waals surface area contributed by atoms with Crippen molar-refractivity contribution in [1.29, 1.82) is 0 Å². The van der Waals surface area contributed by atoms with Crippen LogP contribution in [0.25, 0.3) is 0 Å². The number of aromatic hydroxyl groups is 1. The maximum Gasteiger partial charge on any atom is 0.240 e. The van der Waals surface area contributed by atoms with Crippen LogP contribution in [0, 0.1) is 5.41 Å². The summed E-state index contributed by atoms with van der Waals surface area (Å²) in [6.45, 7) is 3.86. The van der Waals surface area contributed by atoms with Crippen molar-refractivity contribution in [3.63, 3.8) is 0 Å². The van der Waals surface area contributed by atoms with E-state index in [4.69, 9.17) is 0 Å². The van der Waals surface area contributed by atoms with Gasteiger partial charge in [-0.1, -0.05) is 19.9 Å². The highest BCUT2D eigenvalue weighted by atomic mass is 16.3. The Labute approximate surface area is 106 Å². The van der Waals surface area contributed by atoms with Gasteiger partial charge in [0.2, 0.25) is 11.8 Å². The van der Waals surface area contributed by atoms with E-state index in [9.17, 15) is 14.7 Å². The van der Waals surface area contributed by atoms with Gasteiger partial charge in [-0.25, -0.2) is 4.90 Å². The molecule has 4 heteroatoms. The van der Waals surface area contributed by atoms with Gasteiger partial charge in [0.15, 0.2) is 0 Å². The zero-order valence-electron chi connectivity index (χ0n) is 10.6. The zero-order chi connectivity index (χ0) is 13.3. The van der Waals surface area contributed by atoms with Gasteiger partial charge in [0.05, 0.1) is 11.1 Å². The van der Waals surface area contributed by atoms with Crippen LogP contribution in [0.5, 0.6) is 5.75 Å². The number of carbonyl (C=O) groups is 2. The SMILES string of the molecule is CCC1(CC)CC(=O)N(c2cccc(O)c2)C1=O. The minimum atomic E-state index is -0.567. The first-order chi connectivity index (χ1) is 8.54. The minimum Gasteiger partial charge on any atom is -0.508 e. The van der Waals surface area contributed by atoms with Gasteiger partial charge in [-0.05, 0) is 25.0 Å². The van der Waals surface area contributed by atoms with Crippen LogP contribution in [0.4, 0.5) is 5.69 Å². The molecule has 1 aliphatic rings. The van der Waals surface area contributed by atoms with Crippen LogP contribution in [0.3, 0.4) is 0 Å². The Hall–Kier alpha value is -1.84. The minimum absolute atomic E-state index is 0.0543. The molecule has 18 heavy (non-hydrogen) atoms. The topological polar surface area (TPSA) is 57.6 Å². The van der Waals surface area contributed by atoms with Gasteiger partial charge in [0.25, 0.3) is 0 Å². The van der Waals surface area contributed by atoms with Crippen molar-refractivity contribution in [2.24, 2.45) is 5.41 Å². The van der Waals surface area contributed by atoms with E-state index in [1.807, 2.05) is 13.8 Å². The smallest absolute Gasteiger partial charge is 0.240 e. The molecule has 4 nitrogen and oxygen atoms in total. The lowest BCUT2D eigenvalue weighted by Gasteiger charge is -2.23. The first-order valence-corrected chi connectivity index (χ1v) is 6.20. The maximum atomic E-state index is 12.4. The highest BCUT2D eigenvalue weighted by molar-refractivity contribution is 6.22. The number of amides is 2. The Morgan fingerprint density at radius 2 is 1.94 bits per heavy atom. The molecule has 1 saturated heterocycles. The third-order valence-electron chi connectivity index (χ3n) is 3.84. The van der Waals surface area contributed by atoms with Gasteiger partial charge in [-0.2, -0.15) is 0 Å². The molecule has 1 heterocycles. The van der Waals surface area contributed by atoms with Gasteiger partial charge >= 0.3 is 0 Å². The number of hydrogen-bond donors (Lipinski definition) is 1. The summed E-state index contributed by atoms with van der Waals surface area (Å²) in [5, 5.41) is 9.44. The van der Waals surface area contributed by atoms with Crippen molar-refractivity contribution >= 4 is 17.5 Å². The summed E-state index contributed by atoms with van der Waals surface area (Å²) >= 11 is 0.